The Morgan fingerprint density at radius 2 is 1.06 bits per heavy atom. The molecule has 0 aliphatic carbocycles. The summed E-state index contributed by atoms with van der Waals surface area (Å²) in [6.45, 7) is 20.9. The van der Waals surface area contributed by atoms with Crippen LogP contribution in [0.4, 0.5) is 39.8 Å². The minimum Gasteiger partial charge on any atom is -0.352 e. The number of hydrogen-bond donors (Lipinski definition) is 0. The monoisotopic (exact) mass is 833 g/mol. The van der Waals surface area contributed by atoms with Gasteiger partial charge in [0.15, 0.2) is 0 Å². The standard InChI is InChI=1S/C57H64N6/c1-39(2)48-28-22-29-49(43(6)35-47-38-60(50-30-17-14-23-40(50)3)57(8,9)63(47)45-26-12-11-13-27-45)56(48)59-37-46(61(44(59)7)51-31-18-15-24-41(51)4)36-55-58(10)53-33-20-21-34-54(53)62(55)52-32-19-16-25-42(52)5/h11-34,37-39,43-44,55H,35-36H2,1-10H3. The molecule has 6 heteroatoms. The van der Waals surface area contributed by atoms with Gasteiger partial charge in [0, 0.05) is 65.7 Å². The predicted molar refractivity (Wildman–Crippen MR) is 269 cm³/mol. The van der Waals surface area contributed by atoms with Crippen LogP contribution in [0.5, 0.6) is 0 Å². The number of rotatable bonds is 11. The fraction of sp³-hybridized carbons (Fsp3) is 0.298. The number of allylic oxidation sites excluding steroid dienone is 1. The van der Waals surface area contributed by atoms with Gasteiger partial charge in [0.1, 0.15) is 18.0 Å². The highest BCUT2D eigenvalue weighted by Crippen LogP contribution is 2.50. The van der Waals surface area contributed by atoms with Gasteiger partial charge in [-0.2, -0.15) is 0 Å². The Labute approximate surface area is 377 Å². The second kappa shape index (κ2) is 16.7. The van der Waals surface area contributed by atoms with Gasteiger partial charge in [0.25, 0.3) is 0 Å². The second-order valence-electron chi connectivity index (χ2n) is 18.7. The Morgan fingerprint density at radius 3 is 1.67 bits per heavy atom. The molecular weight excluding hydrogens is 769 g/mol. The van der Waals surface area contributed by atoms with Crippen molar-refractivity contribution in [2.75, 3.05) is 36.4 Å². The number of para-hydroxylation sites is 7. The molecule has 0 saturated heterocycles. The van der Waals surface area contributed by atoms with E-state index in [9.17, 15) is 0 Å². The van der Waals surface area contributed by atoms with E-state index in [2.05, 4.69) is 257 Å². The van der Waals surface area contributed by atoms with Gasteiger partial charge in [-0.1, -0.05) is 124 Å². The number of nitrogens with zero attached hydrogens (tertiary/aromatic N) is 6. The average molecular weight is 833 g/mol. The van der Waals surface area contributed by atoms with Gasteiger partial charge in [-0.05, 0) is 130 Å². The molecule has 0 saturated carbocycles. The zero-order valence-corrected chi connectivity index (χ0v) is 38.9. The maximum absolute atomic E-state index is 2.62. The van der Waals surface area contributed by atoms with Crippen LogP contribution in [0.2, 0.25) is 0 Å². The van der Waals surface area contributed by atoms with E-state index >= 15 is 0 Å². The zero-order valence-electron chi connectivity index (χ0n) is 38.9. The van der Waals surface area contributed by atoms with Gasteiger partial charge in [-0.3, -0.25) is 0 Å². The maximum Gasteiger partial charge on any atom is 0.115 e. The van der Waals surface area contributed by atoms with Crippen molar-refractivity contribution < 1.29 is 0 Å². The molecule has 3 atom stereocenters. The Kier molecular flexibility index (Phi) is 11.1. The molecule has 0 fully saturated rings. The van der Waals surface area contributed by atoms with Crippen molar-refractivity contribution in [3.63, 3.8) is 0 Å². The van der Waals surface area contributed by atoms with E-state index in [1.165, 1.54) is 79.0 Å². The summed E-state index contributed by atoms with van der Waals surface area (Å²) in [7, 11) is 2.27. The number of fused-ring (bicyclic) bond motifs is 1. The Hall–Kier alpha value is -6.40. The molecule has 6 aromatic carbocycles. The molecule has 3 heterocycles. The number of hydrogen-bond acceptors (Lipinski definition) is 6. The molecule has 6 nitrogen and oxygen atoms in total. The molecule has 0 amide bonds. The number of benzene rings is 6. The first-order valence-corrected chi connectivity index (χ1v) is 22.9. The van der Waals surface area contributed by atoms with Crippen molar-refractivity contribution in [1.29, 1.82) is 0 Å². The molecule has 0 aromatic heterocycles. The minimum absolute atomic E-state index is 0.0370. The number of aryl methyl sites for hydroxylation is 3. The molecule has 0 radical (unpaired) electrons. The molecule has 63 heavy (non-hydrogen) atoms. The summed E-state index contributed by atoms with van der Waals surface area (Å²) in [6.07, 6.45) is 6.73. The molecule has 0 N–H and O–H groups in total. The van der Waals surface area contributed by atoms with Crippen molar-refractivity contribution in [1.82, 2.24) is 0 Å². The quantitative estimate of drug-likeness (QED) is 0.129. The van der Waals surface area contributed by atoms with Crippen LogP contribution in [-0.4, -0.2) is 25.0 Å². The maximum atomic E-state index is 2.62. The van der Waals surface area contributed by atoms with Crippen molar-refractivity contribution >= 4 is 39.8 Å². The predicted octanol–water partition coefficient (Wildman–Crippen LogP) is 14.4. The molecule has 6 aromatic rings. The van der Waals surface area contributed by atoms with E-state index in [-0.39, 0.29) is 23.9 Å². The Bertz CT molecular complexity index is 2680. The topological polar surface area (TPSA) is 19.4 Å². The lowest BCUT2D eigenvalue weighted by molar-refractivity contribution is 0.516. The van der Waals surface area contributed by atoms with Crippen molar-refractivity contribution in [3.8, 4) is 0 Å². The molecular formula is C57H64N6. The lowest BCUT2D eigenvalue weighted by atomic mass is 9.88. The van der Waals surface area contributed by atoms with Gasteiger partial charge in [-0.25, -0.2) is 0 Å². The van der Waals surface area contributed by atoms with E-state index in [1.54, 1.807) is 0 Å². The molecule has 0 spiro atoms. The van der Waals surface area contributed by atoms with Crippen LogP contribution in [0.1, 0.15) is 94.0 Å². The lowest BCUT2D eigenvalue weighted by Crippen LogP contribution is -2.50. The summed E-state index contributed by atoms with van der Waals surface area (Å²) >= 11 is 0. The Morgan fingerprint density at radius 1 is 0.540 bits per heavy atom. The van der Waals surface area contributed by atoms with Crippen molar-refractivity contribution in [3.05, 3.63) is 197 Å². The van der Waals surface area contributed by atoms with Gasteiger partial charge in [-0.15, -0.1) is 0 Å². The first-order valence-electron chi connectivity index (χ1n) is 22.9. The van der Waals surface area contributed by atoms with Crippen LogP contribution >= 0.6 is 0 Å². The van der Waals surface area contributed by atoms with Gasteiger partial charge in [0.2, 0.25) is 0 Å². The molecule has 0 bridgehead atoms. The van der Waals surface area contributed by atoms with Crippen LogP contribution in [0.15, 0.2) is 169 Å². The van der Waals surface area contributed by atoms with E-state index in [0.717, 1.165) is 12.8 Å². The fourth-order valence-corrected chi connectivity index (χ4v) is 10.7. The van der Waals surface area contributed by atoms with Gasteiger partial charge >= 0.3 is 0 Å². The van der Waals surface area contributed by atoms with E-state index in [1.807, 2.05) is 0 Å². The van der Waals surface area contributed by atoms with Crippen molar-refractivity contribution in [2.45, 2.75) is 105 Å². The molecule has 3 unspecified atom stereocenters. The zero-order chi connectivity index (χ0) is 44.2. The van der Waals surface area contributed by atoms with Crippen LogP contribution in [-0.2, 0) is 0 Å². The summed E-state index contributed by atoms with van der Waals surface area (Å²) in [5, 5.41) is 0. The first-order chi connectivity index (χ1) is 30.4. The third-order valence-electron chi connectivity index (χ3n) is 13.9. The molecule has 3 aliphatic heterocycles. The second-order valence-corrected chi connectivity index (χ2v) is 18.7. The molecule has 322 valence electrons. The van der Waals surface area contributed by atoms with Crippen LogP contribution in [0.25, 0.3) is 0 Å². The Balaban J connectivity index is 1.15. The highest BCUT2D eigenvalue weighted by atomic mass is 15.5. The highest BCUT2D eigenvalue weighted by molar-refractivity contribution is 5.85. The smallest absolute Gasteiger partial charge is 0.115 e. The van der Waals surface area contributed by atoms with Crippen LogP contribution in [0, 0.1) is 20.8 Å². The lowest BCUT2D eigenvalue weighted by Gasteiger charge is -2.42. The summed E-state index contributed by atoms with van der Waals surface area (Å²) < 4.78 is 0. The highest BCUT2D eigenvalue weighted by Gasteiger charge is 2.43. The average Bonchev–Trinajstić information content (AvgIpc) is 3.85. The van der Waals surface area contributed by atoms with Gasteiger partial charge in [0.05, 0.1) is 11.4 Å². The van der Waals surface area contributed by atoms with E-state index in [0.29, 0.717) is 5.92 Å². The van der Waals surface area contributed by atoms with Crippen molar-refractivity contribution in [2.24, 2.45) is 0 Å². The fourth-order valence-electron chi connectivity index (χ4n) is 10.7. The summed E-state index contributed by atoms with van der Waals surface area (Å²) in [6, 6.07) is 53.4. The summed E-state index contributed by atoms with van der Waals surface area (Å²) in [5.74, 6) is 0.546. The molecule has 9 rings (SSSR count). The third kappa shape index (κ3) is 7.33. The van der Waals surface area contributed by atoms with Crippen LogP contribution < -0.4 is 29.4 Å². The summed E-state index contributed by atoms with van der Waals surface area (Å²) in [4.78, 5) is 15.3. The SMILES string of the molecule is Cc1ccccc1N1C(CC2N(C)c3ccccc3N2c2ccccc2C)=CN(c2c(C(C)C)cccc2C(C)CC2=CN(c3ccccc3C)C(C)(C)N2c2ccccc2)C1C. The largest absolute Gasteiger partial charge is 0.352 e. The first kappa shape index (κ1) is 41.9. The third-order valence-corrected chi connectivity index (χ3v) is 13.9. The van der Waals surface area contributed by atoms with E-state index < -0.39 is 0 Å². The minimum atomic E-state index is -0.320. The number of anilines is 7. The van der Waals surface area contributed by atoms with Gasteiger partial charge < -0.3 is 29.4 Å². The normalized spacial score (nSPS) is 18.7. The van der Waals surface area contributed by atoms with Crippen LogP contribution in [0.3, 0.4) is 0 Å². The molecule has 3 aliphatic rings. The van der Waals surface area contributed by atoms with E-state index in [4.69, 9.17) is 0 Å². The summed E-state index contributed by atoms with van der Waals surface area (Å²) in [5.41, 5.74) is 17.7.